The second-order valence-corrected chi connectivity index (χ2v) is 3.81. The lowest BCUT2D eigenvalue weighted by Crippen LogP contribution is -2.12. The molecule has 4 nitrogen and oxygen atoms in total. The molecule has 0 aliphatic rings. The van der Waals surface area contributed by atoms with Crippen molar-refractivity contribution in [1.82, 2.24) is 9.55 Å². The molecule has 0 bridgehead atoms. The number of aromatic hydroxyl groups is 1. The molecule has 0 aromatic carbocycles. The Morgan fingerprint density at radius 3 is 2.65 bits per heavy atom. The third-order valence-corrected chi connectivity index (χ3v) is 2.70. The Labute approximate surface area is 99.2 Å². The van der Waals surface area contributed by atoms with Crippen LogP contribution in [0.4, 0.5) is 0 Å². The quantitative estimate of drug-likeness (QED) is 0.870. The summed E-state index contributed by atoms with van der Waals surface area (Å²) < 4.78 is 1.88. The van der Waals surface area contributed by atoms with Crippen LogP contribution in [0.2, 0.25) is 0 Å². The maximum absolute atomic E-state index is 11.3. The third-order valence-electron chi connectivity index (χ3n) is 2.70. The minimum atomic E-state index is -0.326. The fourth-order valence-electron chi connectivity index (χ4n) is 1.81. The topological polar surface area (TPSA) is 55.1 Å². The molecule has 0 aliphatic carbocycles. The molecule has 2 rings (SSSR count). The number of aromatic nitrogens is 2. The van der Waals surface area contributed by atoms with E-state index in [1.807, 2.05) is 23.6 Å². The van der Waals surface area contributed by atoms with E-state index in [9.17, 15) is 9.90 Å². The summed E-state index contributed by atoms with van der Waals surface area (Å²) in [5.74, 6) is -0.149. The first-order chi connectivity index (χ1) is 8.22. The van der Waals surface area contributed by atoms with E-state index in [-0.39, 0.29) is 11.2 Å². The van der Waals surface area contributed by atoms with Gasteiger partial charge in [-0.1, -0.05) is 6.92 Å². The lowest BCUT2D eigenvalue weighted by Gasteiger charge is -2.13. The Kier molecular flexibility index (Phi) is 3.23. The van der Waals surface area contributed by atoms with Crippen LogP contribution in [-0.4, -0.2) is 14.7 Å². The van der Waals surface area contributed by atoms with Crippen LogP contribution in [0.1, 0.15) is 18.2 Å². The van der Waals surface area contributed by atoms with Crippen LogP contribution in [0.15, 0.2) is 41.6 Å². The molecule has 0 saturated heterocycles. The SMILES string of the molecule is CCc1c(O)c(=O)ccn1Cc1ccncc1. The van der Waals surface area contributed by atoms with Crippen molar-refractivity contribution in [2.24, 2.45) is 0 Å². The van der Waals surface area contributed by atoms with Crippen LogP contribution in [0.3, 0.4) is 0 Å². The van der Waals surface area contributed by atoms with E-state index in [4.69, 9.17) is 0 Å². The van der Waals surface area contributed by atoms with Crippen LogP contribution >= 0.6 is 0 Å². The molecule has 0 radical (unpaired) electrons. The monoisotopic (exact) mass is 230 g/mol. The minimum absolute atomic E-state index is 0.149. The van der Waals surface area contributed by atoms with Crippen LogP contribution in [0, 0.1) is 0 Å². The number of hydrogen-bond donors (Lipinski definition) is 1. The number of rotatable bonds is 3. The van der Waals surface area contributed by atoms with E-state index in [2.05, 4.69) is 4.98 Å². The van der Waals surface area contributed by atoms with E-state index in [0.717, 1.165) is 5.56 Å². The second kappa shape index (κ2) is 4.82. The first kappa shape index (κ1) is 11.4. The van der Waals surface area contributed by atoms with Gasteiger partial charge in [0.15, 0.2) is 5.75 Å². The summed E-state index contributed by atoms with van der Waals surface area (Å²) in [5.41, 5.74) is 1.42. The highest BCUT2D eigenvalue weighted by Crippen LogP contribution is 2.13. The number of nitrogens with zero attached hydrogens (tertiary/aromatic N) is 2. The zero-order valence-corrected chi connectivity index (χ0v) is 9.63. The third kappa shape index (κ3) is 2.36. The summed E-state index contributed by atoms with van der Waals surface area (Å²) in [6.07, 6.45) is 5.78. The first-order valence-electron chi connectivity index (χ1n) is 5.52. The average molecular weight is 230 g/mol. The molecule has 17 heavy (non-hydrogen) atoms. The van der Waals surface area contributed by atoms with E-state index < -0.39 is 0 Å². The molecule has 2 heterocycles. The zero-order chi connectivity index (χ0) is 12.3. The van der Waals surface area contributed by atoms with Gasteiger partial charge in [0.2, 0.25) is 5.43 Å². The predicted octanol–water partition coefficient (Wildman–Crippen LogP) is 1.56. The molecule has 0 atom stereocenters. The molecule has 4 heteroatoms. The summed E-state index contributed by atoms with van der Waals surface area (Å²) in [6, 6.07) is 5.21. The van der Waals surface area contributed by atoms with Crippen molar-refractivity contribution < 1.29 is 5.11 Å². The summed E-state index contributed by atoms with van der Waals surface area (Å²) >= 11 is 0. The molecule has 88 valence electrons. The number of pyridine rings is 2. The largest absolute Gasteiger partial charge is 0.503 e. The fourth-order valence-corrected chi connectivity index (χ4v) is 1.81. The van der Waals surface area contributed by atoms with Crippen LogP contribution in [0.25, 0.3) is 0 Å². The van der Waals surface area contributed by atoms with Gasteiger partial charge in [0.05, 0.1) is 5.69 Å². The lowest BCUT2D eigenvalue weighted by molar-refractivity contribution is 0.451. The van der Waals surface area contributed by atoms with Crippen LogP contribution < -0.4 is 5.43 Å². The highest BCUT2D eigenvalue weighted by atomic mass is 16.3. The molecule has 0 saturated carbocycles. The van der Waals surface area contributed by atoms with Gasteiger partial charge in [0.1, 0.15) is 0 Å². The van der Waals surface area contributed by atoms with Gasteiger partial charge in [-0.25, -0.2) is 0 Å². The fraction of sp³-hybridized carbons (Fsp3) is 0.231. The van der Waals surface area contributed by atoms with E-state index in [1.165, 1.54) is 6.07 Å². The Bertz CT molecular complexity index is 561. The van der Waals surface area contributed by atoms with Crippen molar-refractivity contribution >= 4 is 0 Å². The predicted molar refractivity (Wildman–Crippen MR) is 65.1 cm³/mol. The van der Waals surface area contributed by atoms with E-state index in [1.54, 1.807) is 18.6 Å². The summed E-state index contributed by atoms with van der Waals surface area (Å²) in [5, 5.41) is 9.71. The first-order valence-corrected chi connectivity index (χ1v) is 5.52. The highest BCUT2D eigenvalue weighted by Gasteiger charge is 2.07. The molecule has 2 aromatic rings. The van der Waals surface area contributed by atoms with Crippen molar-refractivity contribution in [3.63, 3.8) is 0 Å². The molecule has 1 N–H and O–H groups in total. The molecule has 0 unspecified atom stereocenters. The Morgan fingerprint density at radius 1 is 1.29 bits per heavy atom. The van der Waals surface area contributed by atoms with Crippen LogP contribution in [0.5, 0.6) is 5.75 Å². The maximum Gasteiger partial charge on any atom is 0.223 e. The minimum Gasteiger partial charge on any atom is -0.503 e. The molecular weight excluding hydrogens is 216 g/mol. The number of hydrogen-bond acceptors (Lipinski definition) is 3. The smallest absolute Gasteiger partial charge is 0.223 e. The highest BCUT2D eigenvalue weighted by molar-refractivity contribution is 5.27. The Morgan fingerprint density at radius 2 is 2.00 bits per heavy atom. The molecule has 0 spiro atoms. The van der Waals surface area contributed by atoms with Gasteiger partial charge in [-0.15, -0.1) is 0 Å². The van der Waals surface area contributed by atoms with Gasteiger partial charge >= 0.3 is 0 Å². The van der Waals surface area contributed by atoms with E-state index in [0.29, 0.717) is 18.7 Å². The Balaban J connectivity index is 2.40. The summed E-state index contributed by atoms with van der Waals surface area (Å²) in [6.45, 7) is 2.54. The summed E-state index contributed by atoms with van der Waals surface area (Å²) in [7, 11) is 0. The molecule has 2 aromatic heterocycles. The molecule has 0 fully saturated rings. The van der Waals surface area contributed by atoms with Crippen molar-refractivity contribution in [1.29, 1.82) is 0 Å². The summed E-state index contributed by atoms with van der Waals surface area (Å²) in [4.78, 5) is 15.3. The maximum atomic E-state index is 11.3. The standard InChI is InChI=1S/C13H14N2O2/c1-2-11-13(17)12(16)5-8-15(11)9-10-3-6-14-7-4-10/h3-8,17H,2,9H2,1H3. The Hall–Kier alpha value is -2.10. The molecular formula is C13H14N2O2. The van der Waals surface area contributed by atoms with Gasteiger partial charge in [0, 0.05) is 31.2 Å². The van der Waals surface area contributed by atoms with Crippen LogP contribution in [-0.2, 0) is 13.0 Å². The van der Waals surface area contributed by atoms with Crippen molar-refractivity contribution in [2.75, 3.05) is 0 Å². The van der Waals surface area contributed by atoms with Gasteiger partial charge in [-0.05, 0) is 24.1 Å². The lowest BCUT2D eigenvalue weighted by atomic mass is 10.2. The van der Waals surface area contributed by atoms with Gasteiger partial charge < -0.3 is 9.67 Å². The van der Waals surface area contributed by atoms with Gasteiger partial charge in [-0.3, -0.25) is 9.78 Å². The van der Waals surface area contributed by atoms with E-state index >= 15 is 0 Å². The second-order valence-electron chi connectivity index (χ2n) is 3.81. The molecule has 0 amide bonds. The molecule has 0 aliphatic heterocycles. The van der Waals surface area contributed by atoms with Gasteiger partial charge in [-0.2, -0.15) is 0 Å². The normalized spacial score (nSPS) is 10.4. The van der Waals surface area contributed by atoms with Crippen molar-refractivity contribution in [2.45, 2.75) is 19.9 Å². The van der Waals surface area contributed by atoms with Crippen molar-refractivity contribution in [3.05, 3.63) is 58.3 Å². The zero-order valence-electron chi connectivity index (χ0n) is 9.63. The van der Waals surface area contributed by atoms with Gasteiger partial charge in [0.25, 0.3) is 0 Å². The van der Waals surface area contributed by atoms with Crippen molar-refractivity contribution in [3.8, 4) is 5.75 Å². The average Bonchev–Trinajstić information content (AvgIpc) is 2.36.